The molecule has 1 aliphatic rings. The number of anilines is 1. The monoisotopic (exact) mass is 368 g/mol. The number of aromatic hydroxyl groups is 1. The fourth-order valence-electron chi connectivity index (χ4n) is 3.23. The third-order valence-corrected chi connectivity index (χ3v) is 5.62. The quantitative estimate of drug-likeness (QED) is 0.523. The largest absolute Gasteiger partial charge is 0.504 e. The first-order valence-corrected chi connectivity index (χ1v) is 9.58. The van der Waals surface area contributed by atoms with Crippen molar-refractivity contribution in [3.63, 3.8) is 0 Å². The summed E-state index contributed by atoms with van der Waals surface area (Å²) in [4.78, 5) is 11.3. The second-order valence-electron chi connectivity index (χ2n) is 6.14. The SMILES string of the molecule is CCOc1cc(/C=N/Nc2ncnc3sc4c(c23)CCCC4)ccc1O. The van der Waals surface area contributed by atoms with Crippen molar-refractivity contribution in [3.8, 4) is 11.5 Å². The molecule has 7 heteroatoms. The number of ether oxygens (including phenoxy) is 1. The van der Waals surface area contributed by atoms with Crippen molar-refractivity contribution in [1.29, 1.82) is 0 Å². The number of hydrogen-bond donors (Lipinski definition) is 2. The molecule has 2 heterocycles. The number of phenols is 1. The Morgan fingerprint density at radius 1 is 1.31 bits per heavy atom. The van der Waals surface area contributed by atoms with Crippen molar-refractivity contribution in [2.24, 2.45) is 5.10 Å². The fourth-order valence-corrected chi connectivity index (χ4v) is 4.45. The van der Waals surface area contributed by atoms with E-state index in [0.29, 0.717) is 12.4 Å². The predicted molar refractivity (Wildman–Crippen MR) is 105 cm³/mol. The van der Waals surface area contributed by atoms with Gasteiger partial charge in [0.1, 0.15) is 11.2 Å². The topological polar surface area (TPSA) is 79.6 Å². The van der Waals surface area contributed by atoms with E-state index in [0.717, 1.165) is 34.4 Å². The van der Waals surface area contributed by atoms with Gasteiger partial charge in [0.2, 0.25) is 0 Å². The van der Waals surface area contributed by atoms with Gasteiger partial charge in [0, 0.05) is 4.88 Å². The van der Waals surface area contributed by atoms with Crippen molar-refractivity contribution in [2.75, 3.05) is 12.0 Å². The van der Waals surface area contributed by atoms with Crippen molar-refractivity contribution in [3.05, 3.63) is 40.5 Å². The summed E-state index contributed by atoms with van der Waals surface area (Å²) in [6.07, 6.45) is 7.94. The van der Waals surface area contributed by atoms with Crippen molar-refractivity contribution in [1.82, 2.24) is 9.97 Å². The molecule has 0 atom stereocenters. The van der Waals surface area contributed by atoms with E-state index in [2.05, 4.69) is 20.5 Å². The highest BCUT2D eigenvalue weighted by atomic mass is 32.1. The summed E-state index contributed by atoms with van der Waals surface area (Å²) in [5.74, 6) is 1.32. The van der Waals surface area contributed by atoms with Crippen molar-refractivity contribution < 1.29 is 9.84 Å². The highest BCUT2D eigenvalue weighted by Gasteiger charge is 2.19. The maximum Gasteiger partial charge on any atom is 0.161 e. The maximum absolute atomic E-state index is 9.78. The molecule has 6 nitrogen and oxygen atoms in total. The molecule has 1 aromatic carbocycles. The molecule has 0 radical (unpaired) electrons. The first kappa shape index (κ1) is 16.8. The summed E-state index contributed by atoms with van der Waals surface area (Å²) in [6, 6.07) is 5.14. The van der Waals surface area contributed by atoms with E-state index in [4.69, 9.17) is 4.74 Å². The van der Waals surface area contributed by atoms with E-state index in [9.17, 15) is 5.11 Å². The molecule has 1 aliphatic carbocycles. The molecule has 0 saturated heterocycles. The van der Waals surface area contributed by atoms with Gasteiger partial charge in [0.15, 0.2) is 17.3 Å². The van der Waals surface area contributed by atoms with Crippen LogP contribution in [0.2, 0.25) is 0 Å². The minimum Gasteiger partial charge on any atom is -0.504 e. The number of hydrazone groups is 1. The molecule has 134 valence electrons. The Bertz CT molecular complexity index is 968. The van der Waals surface area contributed by atoms with Crippen molar-refractivity contribution in [2.45, 2.75) is 32.6 Å². The Hall–Kier alpha value is -2.67. The zero-order valence-corrected chi connectivity index (χ0v) is 15.3. The van der Waals surface area contributed by atoms with Gasteiger partial charge in [-0.2, -0.15) is 5.10 Å². The molecule has 0 fully saturated rings. The molecule has 0 spiro atoms. The Balaban J connectivity index is 1.59. The predicted octanol–water partition coefficient (Wildman–Crippen LogP) is 4.12. The Labute approximate surface area is 155 Å². The molecular weight excluding hydrogens is 348 g/mol. The van der Waals surface area contributed by atoms with Crippen LogP contribution in [0, 0.1) is 0 Å². The second-order valence-corrected chi connectivity index (χ2v) is 7.23. The van der Waals surface area contributed by atoms with Gasteiger partial charge in [0.25, 0.3) is 0 Å². The van der Waals surface area contributed by atoms with Gasteiger partial charge < -0.3 is 9.84 Å². The van der Waals surface area contributed by atoms with E-state index in [1.165, 1.54) is 23.3 Å². The van der Waals surface area contributed by atoms with Crippen LogP contribution in [-0.2, 0) is 12.8 Å². The molecular formula is C19H20N4O2S. The van der Waals surface area contributed by atoms with Gasteiger partial charge >= 0.3 is 0 Å². The minimum atomic E-state index is 0.124. The number of nitrogens with one attached hydrogen (secondary N) is 1. The molecule has 26 heavy (non-hydrogen) atoms. The molecule has 4 rings (SSSR count). The molecule has 0 unspecified atom stereocenters. The van der Waals surface area contributed by atoms with Crippen LogP contribution in [0.25, 0.3) is 10.2 Å². The van der Waals surface area contributed by atoms with Crippen LogP contribution in [0.1, 0.15) is 35.8 Å². The van der Waals surface area contributed by atoms with Crippen LogP contribution in [0.4, 0.5) is 5.82 Å². The Morgan fingerprint density at radius 3 is 3.08 bits per heavy atom. The van der Waals surface area contributed by atoms with Crippen molar-refractivity contribution >= 4 is 33.6 Å². The van der Waals surface area contributed by atoms with E-state index in [1.807, 2.05) is 6.92 Å². The van der Waals surface area contributed by atoms with E-state index in [-0.39, 0.29) is 5.75 Å². The van der Waals surface area contributed by atoms with Gasteiger partial charge in [-0.25, -0.2) is 9.97 Å². The minimum absolute atomic E-state index is 0.124. The third-order valence-electron chi connectivity index (χ3n) is 4.42. The van der Waals surface area contributed by atoms with Gasteiger partial charge in [-0.15, -0.1) is 11.3 Å². The van der Waals surface area contributed by atoms with Gasteiger partial charge in [0.05, 0.1) is 18.2 Å². The van der Waals surface area contributed by atoms with Crippen LogP contribution >= 0.6 is 11.3 Å². The lowest BCUT2D eigenvalue weighted by Crippen LogP contribution is -2.01. The highest BCUT2D eigenvalue weighted by molar-refractivity contribution is 7.19. The number of thiophene rings is 1. The van der Waals surface area contributed by atoms with Gasteiger partial charge in [-0.1, -0.05) is 0 Å². The molecule has 0 aliphatic heterocycles. The lowest BCUT2D eigenvalue weighted by atomic mass is 9.97. The molecule has 2 aromatic heterocycles. The van der Waals surface area contributed by atoms with Gasteiger partial charge in [-0.3, -0.25) is 5.43 Å². The van der Waals surface area contributed by atoms with Crippen LogP contribution < -0.4 is 10.2 Å². The zero-order valence-electron chi connectivity index (χ0n) is 14.5. The van der Waals surface area contributed by atoms with E-state index < -0.39 is 0 Å². The van der Waals surface area contributed by atoms with Crippen LogP contribution in [0.5, 0.6) is 11.5 Å². The summed E-state index contributed by atoms with van der Waals surface area (Å²) in [5.41, 5.74) is 5.26. The average Bonchev–Trinajstić information content (AvgIpc) is 3.04. The molecule has 0 bridgehead atoms. The Morgan fingerprint density at radius 2 is 2.19 bits per heavy atom. The second kappa shape index (κ2) is 7.29. The fraction of sp³-hybridized carbons (Fsp3) is 0.316. The third kappa shape index (κ3) is 3.22. The first-order valence-electron chi connectivity index (χ1n) is 8.76. The zero-order chi connectivity index (χ0) is 17.9. The van der Waals surface area contributed by atoms with E-state index in [1.54, 1.807) is 42.1 Å². The number of hydrogen-bond acceptors (Lipinski definition) is 7. The first-order chi connectivity index (χ1) is 12.8. The smallest absolute Gasteiger partial charge is 0.161 e. The lowest BCUT2D eigenvalue weighted by Gasteiger charge is -2.11. The highest BCUT2D eigenvalue weighted by Crippen LogP contribution is 2.38. The summed E-state index contributed by atoms with van der Waals surface area (Å²) in [5, 5.41) is 15.2. The van der Waals surface area contributed by atoms with Crippen LogP contribution in [-0.4, -0.2) is 27.9 Å². The number of aryl methyl sites for hydroxylation is 2. The summed E-state index contributed by atoms with van der Waals surface area (Å²) >= 11 is 1.77. The number of aromatic nitrogens is 2. The number of fused-ring (bicyclic) bond motifs is 3. The van der Waals surface area contributed by atoms with Crippen LogP contribution in [0.3, 0.4) is 0 Å². The number of benzene rings is 1. The maximum atomic E-state index is 9.78. The number of nitrogens with zero attached hydrogens (tertiary/aromatic N) is 3. The standard InChI is InChI=1S/C19H20N4O2S/c1-2-25-15-9-12(7-8-14(15)24)10-22-23-18-17-13-5-3-4-6-16(13)26-19(17)21-11-20-18/h7-11,24H,2-6H2,1H3,(H,20,21,23)/b22-10+. The number of phenolic OH excluding ortho intramolecular Hbond substituents is 1. The van der Waals surface area contributed by atoms with E-state index >= 15 is 0 Å². The molecule has 3 aromatic rings. The summed E-state index contributed by atoms with van der Waals surface area (Å²) in [6.45, 7) is 2.37. The summed E-state index contributed by atoms with van der Waals surface area (Å²) < 4.78 is 5.40. The van der Waals surface area contributed by atoms with Gasteiger partial charge in [-0.05, 0) is 61.9 Å². The normalized spacial score (nSPS) is 13.9. The molecule has 0 amide bonds. The lowest BCUT2D eigenvalue weighted by molar-refractivity contribution is 0.318. The molecule has 0 saturated carbocycles. The Kier molecular flexibility index (Phi) is 4.71. The van der Waals surface area contributed by atoms with Crippen LogP contribution in [0.15, 0.2) is 29.6 Å². The molecule has 2 N–H and O–H groups in total. The number of rotatable bonds is 5. The average molecular weight is 368 g/mol. The summed E-state index contributed by atoms with van der Waals surface area (Å²) in [7, 11) is 0.